The van der Waals surface area contributed by atoms with E-state index in [9.17, 15) is 0 Å². The van der Waals surface area contributed by atoms with Gasteiger partial charge in [-0.1, -0.05) is 6.07 Å². The summed E-state index contributed by atoms with van der Waals surface area (Å²) in [5.74, 6) is 1.60. The molecular weight excluding hydrogens is 226 g/mol. The van der Waals surface area contributed by atoms with Gasteiger partial charge in [-0.2, -0.15) is 4.98 Å². The first kappa shape index (κ1) is 11.0. The Morgan fingerprint density at radius 3 is 2.72 bits per heavy atom. The third-order valence-electron chi connectivity index (χ3n) is 3.17. The maximum absolute atomic E-state index is 5.67. The van der Waals surface area contributed by atoms with Crippen molar-refractivity contribution in [3.05, 3.63) is 41.7 Å². The molecule has 1 aromatic heterocycles. The zero-order valence-corrected chi connectivity index (χ0v) is 10.1. The molecule has 0 aliphatic heterocycles. The number of aromatic nitrogens is 2. The molecule has 4 heteroatoms. The predicted octanol–water partition coefficient (Wildman–Crippen LogP) is 2.73. The van der Waals surface area contributed by atoms with Gasteiger partial charge in [0.25, 0.3) is 0 Å². The van der Waals surface area contributed by atoms with Crippen LogP contribution in [0.25, 0.3) is 0 Å². The Labute approximate surface area is 106 Å². The highest BCUT2D eigenvalue weighted by atomic mass is 16.5. The van der Waals surface area contributed by atoms with E-state index < -0.39 is 0 Å². The molecule has 0 bridgehead atoms. The molecule has 0 fully saturated rings. The summed E-state index contributed by atoms with van der Waals surface area (Å²) in [5, 5.41) is 0. The standard InChI is InChI=1S/C14H15N3O/c15-13-8-16-9-14(17-13)18-12-6-5-10-3-1-2-4-11(10)7-12/h5-9H,1-4H2,(H2,15,17). The number of ether oxygens (including phenoxy) is 1. The third-order valence-corrected chi connectivity index (χ3v) is 3.17. The van der Waals surface area contributed by atoms with Crippen molar-refractivity contribution in [1.82, 2.24) is 9.97 Å². The van der Waals surface area contributed by atoms with E-state index in [0.717, 1.165) is 12.2 Å². The molecular formula is C14H15N3O. The predicted molar refractivity (Wildman–Crippen MR) is 69.6 cm³/mol. The summed E-state index contributed by atoms with van der Waals surface area (Å²) in [4.78, 5) is 8.03. The molecule has 0 spiro atoms. The number of hydrogen-bond acceptors (Lipinski definition) is 4. The Morgan fingerprint density at radius 1 is 1.06 bits per heavy atom. The van der Waals surface area contributed by atoms with Crippen molar-refractivity contribution in [3.63, 3.8) is 0 Å². The van der Waals surface area contributed by atoms with Crippen LogP contribution in [-0.4, -0.2) is 9.97 Å². The zero-order chi connectivity index (χ0) is 12.4. The number of aryl methyl sites for hydroxylation is 2. The minimum atomic E-state index is 0.366. The molecule has 18 heavy (non-hydrogen) atoms. The first-order valence-electron chi connectivity index (χ1n) is 6.18. The first-order valence-corrected chi connectivity index (χ1v) is 6.18. The van der Waals surface area contributed by atoms with Gasteiger partial charge in [0.2, 0.25) is 5.88 Å². The van der Waals surface area contributed by atoms with Gasteiger partial charge in [-0.25, -0.2) is 0 Å². The number of benzene rings is 1. The molecule has 0 atom stereocenters. The topological polar surface area (TPSA) is 61.0 Å². The Balaban J connectivity index is 1.85. The molecule has 3 rings (SSSR count). The fraction of sp³-hybridized carbons (Fsp3) is 0.286. The maximum Gasteiger partial charge on any atom is 0.239 e. The van der Waals surface area contributed by atoms with Gasteiger partial charge >= 0.3 is 0 Å². The number of fused-ring (bicyclic) bond motifs is 1. The zero-order valence-electron chi connectivity index (χ0n) is 10.1. The summed E-state index contributed by atoms with van der Waals surface area (Å²) in [7, 11) is 0. The molecule has 2 N–H and O–H groups in total. The first-order chi connectivity index (χ1) is 8.81. The summed E-state index contributed by atoms with van der Waals surface area (Å²) in [5.41, 5.74) is 8.39. The lowest BCUT2D eigenvalue weighted by atomic mass is 9.92. The Kier molecular flexibility index (Phi) is 2.84. The van der Waals surface area contributed by atoms with Gasteiger partial charge in [0, 0.05) is 0 Å². The molecule has 1 aliphatic rings. The highest BCUT2D eigenvalue weighted by Crippen LogP contribution is 2.27. The fourth-order valence-electron chi connectivity index (χ4n) is 2.31. The Morgan fingerprint density at radius 2 is 1.89 bits per heavy atom. The maximum atomic E-state index is 5.67. The van der Waals surface area contributed by atoms with E-state index in [1.165, 1.54) is 36.6 Å². The minimum absolute atomic E-state index is 0.366. The lowest BCUT2D eigenvalue weighted by Gasteiger charge is -2.16. The van der Waals surface area contributed by atoms with Crippen LogP contribution >= 0.6 is 0 Å². The van der Waals surface area contributed by atoms with Crippen molar-refractivity contribution in [2.75, 3.05) is 5.73 Å². The molecule has 0 saturated heterocycles. The van der Waals surface area contributed by atoms with E-state index in [4.69, 9.17) is 10.5 Å². The summed E-state index contributed by atoms with van der Waals surface area (Å²) in [6.07, 6.45) is 7.92. The number of rotatable bonds is 2. The average molecular weight is 241 g/mol. The van der Waals surface area contributed by atoms with Gasteiger partial charge in [0.1, 0.15) is 11.6 Å². The third kappa shape index (κ3) is 2.27. The normalized spacial score (nSPS) is 14.0. The number of nitrogens with zero attached hydrogens (tertiary/aromatic N) is 2. The van der Waals surface area contributed by atoms with Crippen LogP contribution in [0, 0.1) is 0 Å². The molecule has 1 aromatic carbocycles. The van der Waals surface area contributed by atoms with Gasteiger partial charge in [-0.3, -0.25) is 4.98 Å². The average Bonchev–Trinajstić information content (AvgIpc) is 2.39. The SMILES string of the molecule is Nc1cncc(Oc2ccc3c(c2)CCCC3)n1. The summed E-state index contributed by atoms with van der Waals surface area (Å²) < 4.78 is 5.67. The van der Waals surface area contributed by atoms with Crippen molar-refractivity contribution in [2.24, 2.45) is 0 Å². The largest absolute Gasteiger partial charge is 0.437 e. The van der Waals surface area contributed by atoms with E-state index in [1.807, 2.05) is 6.07 Å². The molecule has 92 valence electrons. The quantitative estimate of drug-likeness (QED) is 0.878. The molecule has 1 heterocycles. The number of nitrogens with two attached hydrogens (primary N) is 1. The second kappa shape index (κ2) is 4.64. The second-order valence-electron chi connectivity index (χ2n) is 4.52. The van der Waals surface area contributed by atoms with E-state index in [-0.39, 0.29) is 0 Å². The highest BCUT2D eigenvalue weighted by molar-refractivity contribution is 5.39. The smallest absolute Gasteiger partial charge is 0.239 e. The summed E-state index contributed by atoms with van der Waals surface area (Å²) in [6.45, 7) is 0. The van der Waals surface area contributed by atoms with Crippen molar-refractivity contribution in [3.8, 4) is 11.6 Å². The number of hydrogen-bond donors (Lipinski definition) is 1. The molecule has 4 nitrogen and oxygen atoms in total. The molecule has 0 saturated carbocycles. The number of nitrogen functional groups attached to an aromatic ring is 1. The summed E-state index contributed by atoms with van der Waals surface area (Å²) >= 11 is 0. The highest BCUT2D eigenvalue weighted by Gasteiger charge is 2.10. The van der Waals surface area contributed by atoms with E-state index in [0.29, 0.717) is 11.7 Å². The van der Waals surface area contributed by atoms with Crippen molar-refractivity contribution < 1.29 is 4.74 Å². The summed E-state index contributed by atoms with van der Waals surface area (Å²) in [6, 6.07) is 6.22. The van der Waals surface area contributed by atoms with E-state index in [2.05, 4.69) is 22.1 Å². The number of anilines is 1. The lowest BCUT2D eigenvalue weighted by Crippen LogP contribution is -2.02. The minimum Gasteiger partial charge on any atom is -0.437 e. The van der Waals surface area contributed by atoms with Gasteiger partial charge in [0.15, 0.2) is 0 Å². The van der Waals surface area contributed by atoms with Gasteiger partial charge in [-0.05, 0) is 48.9 Å². The van der Waals surface area contributed by atoms with E-state index in [1.54, 1.807) is 6.20 Å². The van der Waals surface area contributed by atoms with Crippen LogP contribution in [0.1, 0.15) is 24.0 Å². The Hall–Kier alpha value is -2.10. The second-order valence-corrected chi connectivity index (χ2v) is 4.52. The van der Waals surface area contributed by atoms with Crippen LogP contribution in [0.15, 0.2) is 30.6 Å². The van der Waals surface area contributed by atoms with Crippen LogP contribution in [0.2, 0.25) is 0 Å². The van der Waals surface area contributed by atoms with Crippen molar-refractivity contribution in [2.45, 2.75) is 25.7 Å². The lowest BCUT2D eigenvalue weighted by molar-refractivity contribution is 0.459. The van der Waals surface area contributed by atoms with Crippen LogP contribution in [0.4, 0.5) is 5.82 Å². The van der Waals surface area contributed by atoms with Gasteiger partial charge in [-0.15, -0.1) is 0 Å². The van der Waals surface area contributed by atoms with Gasteiger partial charge < -0.3 is 10.5 Å². The monoisotopic (exact) mass is 241 g/mol. The van der Waals surface area contributed by atoms with Crippen molar-refractivity contribution >= 4 is 5.82 Å². The Bertz CT molecular complexity index is 569. The fourth-order valence-corrected chi connectivity index (χ4v) is 2.31. The molecule has 2 aromatic rings. The molecule has 1 aliphatic carbocycles. The molecule has 0 amide bonds. The van der Waals surface area contributed by atoms with Crippen LogP contribution < -0.4 is 10.5 Å². The van der Waals surface area contributed by atoms with Gasteiger partial charge in [0.05, 0.1) is 12.4 Å². The molecule has 0 radical (unpaired) electrons. The van der Waals surface area contributed by atoms with Crippen LogP contribution in [0.3, 0.4) is 0 Å². The van der Waals surface area contributed by atoms with E-state index >= 15 is 0 Å². The van der Waals surface area contributed by atoms with Crippen LogP contribution in [0.5, 0.6) is 11.6 Å². The van der Waals surface area contributed by atoms with Crippen molar-refractivity contribution in [1.29, 1.82) is 0 Å². The molecule has 0 unspecified atom stereocenters. The van der Waals surface area contributed by atoms with Crippen LogP contribution in [-0.2, 0) is 12.8 Å².